The number of fused-ring (bicyclic) bond motifs is 1. The van der Waals surface area contributed by atoms with Crippen molar-refractivity contribution in [2.75, 3.05) is 25.6 Å². The lowest BCUT2D eigenvalue weighted by atomic mass is 10.1. The maximum absolute atomic E-state index is 11.7. The van der Waals surface area contributed by atoms with Crippen LogP contribution in [0.3, 0.4) is 0 Å². The maximum atomic E-state index is 11.7. The molecule has 0 aromatic heterocycles. The number of methoxy groups -OCH3 is 1. The molecule has 0 saturated heterocycles. The molecule has 1 amide bonds. The van der Waals surface area contributed by atoms with E-state index in [4.69, 9.17) is 16.3 Å². The van der Waals surface area contributed by atoms with E-state index in [2.05, 4.69) is 10.6 Å². The van der Waals surface area contributed by atoms with E-state index in [-0.39, 0.29) is 11.9 Å². The molecule has 5 heteroatoms. The molecule has 0 fully saturated rings. The second-order valence-electron chi connectivity index (χ2n) is 3.57. The van der Waals surface area contributed by atoms with E-state index < -0.39 is 0 Å². The number of para-hydroxylation sites is 1. The minimum Gasteiger partial charge on any atom is -0.383 e. The molecule has 1 aliphatic heterocycles. The molecule has 1 aromatic rings. The Morgan fingerprint density at radius 1 is 1.56 bits per heavy atom. The van der Waals surface area contributed by atoms with Gasteiger partial charge in [0.05, 0.1) is 17.3 Å². The summed E-state index contributed by atoms with van der Waals surface area (Å²) in [6, 6.07) is 5.16. The van der Waals surface area contributed by atoms with Crippen molar-refractivity contribution in [2.24, 2.45) is 0 Å². The van der Waals surface area contributed by atoms with Gasteiger partial charge in [0.15, 0.2) is 0 Å². The highest BCUT2D eigenvalue weighted by molar-refractivity contribution is 6.34. The number of carbonyl (C=O) groups excluding carboxylic acids is 1. The van der Waals surface area contributed by atoms with Crippen LogP contribution in [-0.4, -0.2) is 26.2 Å². The lowest BCUT2D eigenvalue weighted by Gasteiger charge is -2.10. The second kappa shape index (κ2) is 4.82. The zero-order valence-electron chi connectivity index (χ0n) is 8.92. The van der Waals surface area contributed by atoms with Gasteiger partial charge in [0.1, 0.15) is 6.04 Å². The van der Waals surface area contributed by atoms with Crippen molar-refractivity contribution in [3.8, 4) is 0 Å². The van der Waals surface area contributed by atoms with E-state index in [0.717, 1.165) is 5.56 Å². The van der Waals surface area contributed by atoms with Crippen LogP contribution < -0.4 is 10.6 Å². The second-order valence-corrected chi connectivity index (χ2v) is 3.98. The number of halogens is 1. The topological polar surface area (TPSA) is 50.4 Å². The molecule has 2 rings (SSSR count). The Labute approximate surface area is 98.9 Å². The molecule has 0 aliphatic carbocycles. The van der Waals surface area contributed by atoms with Gasteiger partial charge in [0, 0.05) is 19.2 Å². The summed E-state index contributed by atoms with van der Waals surface area (Å²) in [4.78, 5) is 11.7. The predicted octanol–water partition coefficient (Wildman–Crippen LogP) is 1.57. The van der Waals surface area contributed by atoms with Gasteiger partial charge in [-0.2, -0.15) is 0 Å². The zero-order chi connectivity index (χ0) is 11.5. The highest BCUT2D eigenvalue weighted by Gasteiger charge is 2.31. The molecule has 2 N–H and O–H groups in total. The van der Waals surface area contributed by atoms with Gasteiger partial charge in [-0.25, -0.2) is 0 Å². The maximum Gasteiger partial charge on any atom is 0.246 e. The first-order valence-corrected chi connectivity index (χ1v) is 5.43. The lowest BCUT2D eigenvalue weighted by molar-refractivity contribution is -0.117. The fourth-order valence-corrected chi connectivity index (χ4v) is 1.99. The molecular formula is C11H13ClN2O2. The van der Waals surface area contributed by atoms with E-state index >= 15 is 0 Å². The van der Waals surface area contributed by atoms with Gasteiger partial charge in [0.25, 0.3) is 0 Å². The summed E-state index contributed by atoms with van der Waals surface area (Å²) in [5, 5.41) is 6.46. The van der Waals surface area contributed by atoms with E-state index in [0.29, 0.717) is 23.9 Å². The number of nitrogens with one attached hydrogen (secondary N) is 2. The number of hydrogen-bond donors (Lipinski definition) is 2. The SMILES string of the molecule is COCCNC1C(=O)Nc2c(Cl)cccc21. The third kappa shape index (κ3) is 2.04. The number of hydrogen-bond acceptors (Lipinski definition) is 3. The third-order valence-electron chi connectivity index (χ3n) is 2.52. The normalized spacial score (nSPS) is 18.4. The van der Waals surface area contributed by atoms with Crippen LogP contribution in [0.5, 0.6) is 0 Å². The van der Waals surface area contributed by atoms with Crippen LogP contribution in [0.25, 0.3) is 0 Å². The van der Waals surface area contributed by atoms with Crippen molar-refractivity contribution in [1.29, 1.82) is 0 Å². The summed E-state index contributed by atoms with van der Waals surface area (Å²) in [7, 11) is 1.63. The van der Waals surface area contributed by atoms with Crippen molar-refractivity contribution in [2.45, 2.75) is 6.04 Å². The number of carbonyl (C=O) groups is 1. The van der Waals surface area contributed by atoms with Gasteiger partial charge in [-0.15, -0.1) is 0 Å². The van der Waals surface area contributed by atoms with Crippen LogP contribution in [0.1, 0.15) is 11.6 Å². The van der Waals surface area contributed by atoms with Crippen molar-refractivity contribution < 1.29 is 9.53 Å². The largest absolute Gasteiger partial charge is 0.383 e. The van der Waals surface area contributed by atoms with Crippen LogP contribution in [0.4, 0.5) is 5.69 Å². The Balaban J connectivity index is 2.16. The Hall–Kier alpha value is -1.10. The highest BCUT2D eigenvalue weighted by Crippen LogP contribution is 2.35. The Morgan fingerprint density at radius 3 is 3.12 bits per heavy atom. The summed E-state index contributed by atoms with van der Waals surface area (Å²) >= 11 is 5.99. The molecule has 0 spiro atoms. The molecule has 16 heavy (non-hydrogen) atoms. The average molecular weight is 241 g/mol. The van der Waals surface area contributed by atoms with Crippen LogP contribution in [-0.2, 0) is 9.53 Å². The summed E-state index contributed by atoms with van der Waals surface area (Å²) in [6.45, 7) is 1.19. The average Bonchev–Trinajstić information content (AvgIpc) is 2.58. The molecule has 1 aliphatic rings. The first kappa shape index (κ1) is 11.4. The Morgan fingerprint density at radius 2 is 2.38 bits per heavy atom. The molecule has 0 bridgehead atoms. The van der Waals surface area contributed by atoms with Gasteiger partial charge in [-0.05, 0) is 6.07 Å². The Kier molecular flexibility index (Phi) is 3.43. The summed E-state index contributed by atoms with van der Waals surface area (Å²) in [5.74, 6) is -0.0702. The number of benzene rings is 1. The Bertz CT molecular complexity index is 409. The van der Waals surface area contributed by atoms with E-state index in [1.807, 2.05) is 12.1 Å². The van der Waals surface area contributed by atoms with Crippen LogP contribution in [0, 0.1) is 0 Å². The smallest absolute Gasteiger partial charge is 0.246 e. The van der Waals surface area contributed by atoms with Crippen LogP contribution in [0.15, 0.2) is 18.2 Å². The summed E-state index contributed by atoms with van der Waals surface area (Å²) in [6.07, 6.45) is 0. The minimum absolute atomic E-state index is 0.0702. The fraction of sp³-hybridized carbons (Fsp3) is 0.364. The third-order valence-corrected chi connectivity index (χ3v) is 2.84. The van der Waals surface area contributed by atoms with E-state index in [1.165, 1.54) is 0 Å². The van der Waals surface area contributed by atoms with Crippen LogP contribution in [0.2, 0.25) is 5.02 Å². The van der Waals surface area contributed by atoms with E-state index in [1.54, 1.807) is 13.2 Å². The van der Waals surface area contributed by atoms with Crippen molar-refractivity contribution >= 4 is 23.2 Å². The van der Waals surface area contributed by atoms with Gasteiger partial charge < -0.3 is 10.1 Å². The molecule has 1 heterocycles. The predicted molar refractivity (Wildman–Crippen MR) is 62.7 cm³/mol. The highest BCUT2D eigenvalue weighted by atomic mass is 35.5. The first-order chi connectivity index (χ1) is 7.74. The zero-order valence-corrected chi connectivity index (χ0v) is 9.67. The van der Waals surface area contributed by atoms with Crippen molar-refractivity contribution in [3.05, 3.63) is 28.8 Å². The number of anilines is 1. The van der Waals surface area contributed by atoms with Gasteiger partial charge in [-0.3, -0.25) is 10.1 Å². The number of amides is 1. The molecule has 0 radical (unpaired) electrons. The van der Waals surface area contributed by atoms with Crippen molar-refractivity contribution in [1.82, 2.24) is 5.32 Å². The first-order valence-electron chi connectivity index (χ1n) is 5.05. The fourth-order valence-electron chi connectivity index (χ4n) is 1.76. The quantitative estimate of drug-likeness (QED) is 0.786. The monoisotopic (exact) mass is 240 g/mol. The summed E-state index contributed by atoms with van der Waals surface area (Å²) < 4.78 is 4.93. The number of ether oxygens (including phenoxy) is 1. The summed E-state index contributed by atoms with van der Waals surface area (Å²) in [5.41, 5.74) is 1.61. The van der Waals surface area contributed by atoms with Gasteiger partial charge in [0.2, 0.25) is 5.91 Å². The lowest BCUT2D eigenvalue weighted by Crippen LogP contribution is -2.30. The number of rotatable bonds is 4. The van der Waals surface area contributed by atoms with Crippen molar-refractivity contribution in [3.63, 3.8) is 0 Å². The van der Waals surface area contributed by atoms with E-state index in [9.17, 15) is 4.79 Å². The molecule has 86 valence electrons. The van der Waals surface area contributed by atoms with Gasteiger partial charge >= 0.3 is 0 Å². The molecule has 1 atom stereocenters. The molecule has 4 nitrogen and oxygen atoms in total. The molecule has 1 unspecified atom stereocenters. The minimum atomic E-state index is -0.330. The molecular weight excluding hydrogens is 228 g/mol. The van der Waals surface area contributed by atoms with Gasteiger partial charge in [-0.1, -0.05) is 23.7 Å². The molecule has 1 aromatic carbocycles. The molecule has 0 saturated carbocycles. The van der Waals surface area contributed by atoms with Crippen LogP contribution >= 0.6 is 11.6 Å². The standard InChI is InChI=1S/C11H13ClN2O2/c1-16-6-5-13-10-7-3-2-4-8(12)9(7)14-11(10)15/h2-4,10,13H,5-6H2,1H3,(H,14,15).